The monoisotopic (exact) mass is 264 g/mol. The summed E-state index contributed by atoms with van der Waals surface area (Å²) in [6.45, 7) is 6.26. The topological polar surface area (TPSA) is 44.1 Å². The molecule has 4 nitrogen and oxygen atoms in total. The molecule has 0 atom stereocenters. The molecule has 18 heavy (non-hydrogen) atoms. The molecule has 0 N–H and O–H groups in total. The molecule has 0 fully saturated rings. The van der Waals surface area contributed by atoms with E-state index in [1.54, 1.807) is 13.8 Å². The largest absolute Gasteiger partial charge is 0.475 e. The predicted molar refractivity (Wildman–Crippen MR) is 59.6 cm³/mol. The Hall–Kier alpha value is -1.53. The second kappa shape index (κ2) is 4.99. The van der Waals surface area contributed by atoms with Gasteiger partial charge >= 0.3 is 11.9 Å². The van der Waals surface area contributed by atoms with Crippen LogP contribution in [0.25, 0.3) is 0 Å². The number of aromatic nitrogens is 2. The van der Waals surface area contributed by atoms with Crippen LogP contribution in [0.4, 0.5) is 13.2 Å². The number of rotatable bonds is 3. The first-order valence-corrected chi connectivity index (χ1v) is 5.50. The molecule has 1 heterocycles. The van der Waals surface area contributed by atoms with Crippen LogP contribution < -0.4 is 10.4 Å². The maximum atomic E-state index is 12.9. The summed E-state index contributed by atoms with van der Waals surface area (Å²) in [5.41, 5.74) is -2.01. The molecule has 0 aliphatic rings. The van der Waals surface area contributed by atoms with E-state index in [9.17, 15) is 18.0 Å². The molecule has 0 saturated heterocycles. The van der Waals surface area contributed by atoms with Crippen LogP contribution >= 0.6 is 0 Å². The summed E-state index contributed by atoms with van der Waals surface area (Å²) in [5.74, 6) is -0.306. The molecule has 1 aromatic heterocycles. The molecule has 102 valence electrons. The maximum absolute atomic E-state index is 12.9. The van der Waals surface area contributed by atoms with E-state index < -0.39 is 23.6 Å². The lowest BCUT2D eigenvalue weighted by Crippen LogP contribution is -2.32. The summed E-state index contributed by atoms with van der Waals surface area (Å²) in [6.07, 6.45) is -4.98. The molecular formula is C11H15F3N2O2. The van der Waals surface area contributed by atoms with Crippen LogP contribution in [0.1, 0.15) is 39.4 Å². The fourth-order valence-electron chi connectivity index (χ4n) is 1.49. The van der Waals surface area contributed by atoms with Crippen molar-refractivity contribution in [1.82, 2.24) is 9.55 Å². The second-order valence-corrected chi connectivity index (χ2v) is 4.39. The van der Waals surface area contributed by atoms with Gasteiger partial charge in [-0.05, 0) is 27.7 Å². The number of alkyl halides is 3. The van der Waals surface area contributed by atoms with Gasteiger partial charge in [0.25, 0.3) is 0 Å². The third kappa shape index (κ3) is 3.24. The van der Waals surface area contributed by atoms with Gasteiger partial charge in [0.15, 0.2) is 0 Å². The fourth-order valence-corrected chi connectivity index (χ4v) is 1.49. The lowest BCUT2D eigenvalue weighted by molar-refractivity contribution is -0.145. The van der Waals surface area contributed by atoms with E-state index in [0.717, 1.165) is 6.07 Å². The molecule has 0 saturated carbocycles. The highest BCUT2D eigenvalue weighted by Gasteiger charge is 2.36. The molecule has 0 aromatic carbocycles. The van der Waals surface area contributed by atoms with E-state index in [0.29, 0.717) is 4.57 Å². The van der Waals surface area contributed by atoms with E-state index in [4.69, 9.17) is 4.74 Å². The Morgan fingerprint density at radius 1 is 1.28 bits per heavy atom. The first-order chi connectivity index (χ1) is 8.12. The summed E-state index contributed by atoms with van der Waals surface area (Å²) in [7, 11) is 0. The lowest BCUT2D eigenvalue weighted by Gasteiger charge is -2.19. The first kappa shape index (κ1) is 14.5. The minimum atomic E-state index is -4.62. The average Bonchev–Trinajstić information content (AvgIpc) is 2.12. The minimum absolute atomic E-state index is 0.306. The number of halogens is 3. The van der Waals surface area contributed by atoms with E-state index >= 15 is 0 Å². The van der Waals surface area contributed by atoms with Crippen LogP contribution in [0.15, 0.2) is 10.9 Å². The Morgan fingerprint density at radius 2 is 1.83 bits per heavy atom. The van der Waals surface area contributed by atoms with Crippen molar-refractivity contribution in [2.45, 2.75) is 46.0 Å². The maximum Gasteiger partial charge on any atom is 0.431 e. The molecule has 0 amide bonds. The van der Waals surface area contributed by atoms with Gasteiger partial charge in [0.1, 0.15) is 5.69 Å². The van der Waals surface area contributed by atoms with Gasteiger partial charge in [-0.15, -0.1) is 0 Å². The minimum Gasteiger partial charge on any atom is -0.475 e. The third-order valence-corrected chi connectivity index (χ3v) is 2.09. The van der Waals surface area contributed by atoms with Crippen molar-refractivity contribution in [2.75, 3.05) is 0 Å². The van der Waals surface area contributed by atoms with Crippen LogP contribution in [-0.4, -0.2) is 15.7 Å². The van der Waals surface area contributed by atoms with Crippen LogP contribution in [0.3, 0.4) is 0 Å². The molecular weight excluding hydrogens is 249 g/mol. The SMILES string of the molecule is CC(C)Oc1cc(C(F)(F)F)n(C(C)C)c(=O)n1. The smallest absolute Gasteiger partial charge is 0.431 e. The van der Waals surface area contributed by atoms with Crippen molar-refractivity contribution in [2.24, 2.45) is 0 Å². The Labute approximate surface area is 102 Å². The van der Waals surface area contributed by atoms with Gasteiger partial charge in [-0.3, -0.25) is 4.57 Å². The number of hydrogen-bond donors (Lipinski definition) is 0. The van der Waals surface area contributed by atoms with Gasteiger partial charge in [0.2, 0.25) is 5.88 Å². The summed E-state index contributed by atoms with van der Waals surface area (Å²) in [5, 5.41) is 0. The van der Waals surface area contributed by atoms with Crippen LogP contribution in [-0.2, 0) is 6.18 Å². The van der Waals surface area contributed by atoms with E-state index in [-0.39, 0.29) is 12.0 Å². The van der Waals surface area contributed by atoms with E-state index in [1.807, 2.05) is 0 Å². The summed E-state index contributed by atoms with van der Waals surface area (Å²) < 4.78 is 44.2. The zero-order chi connectivity index (χ0) is 14.1. The van der Waals surface area contributed by atoms with Gasteiger partial charge in [-0.1, -0.05) is 0 Å². The zero-order valence-corrected chi connectivity index (χ0v) is 10.6. The quantitative estimate of drug-likeness (QED) is 0.843. The van der Waals surface area contributed by atoms with Gasteiger partial charge in [-0.2, -0.15) is 18.2 Å². The molecule has 7 heteroatoms. The van der Waals surface area contributed by atoms with Gasteiger partial charge in [-0.25, -0.2) is 4.79 Å². The third-order valence-electron chi connectivity index (χ3n) is 2.09. The van der Waals surface area contributed by atoms with Gasteiger partial charge in [0, 0.05) is 12.1 Å². The first-order valence-electron chi connectivity index (χ1n) is 5.50. The predicted octanol–water partition coefficient (Wildman–Crippen LogP) is 2.63. The van der Waals surface area contributed by atoms with Crippen LogP contribution in [0.2, 0.25) is 0 Å². The number of nitrogens with zero attached hydrogens (tertiary/aromatic N) is 2. The normalized spacial score (nSPS) is 12.3. The Bertz CT molecular complexity index is 478. The van der Waals surface area contributed by atoms with Crippen LogP contribution in [0, 0.1) is 0 Å². The molecule has 0 bridgehead atoms. The highest BCUT2D eigenvalue weighted by atomic mass is 19.4. The van der Waals surface area contributed by atoms with Crippen molar-refractivity contribution in [3.05, 3.63) is 22.2 Å². The van der Waals surface area contributed by atoms with E-state index in [2.05, 4.69) is 4.98 Å². The molecule has 0 aliphatic carbocycles. The zero-order valence-electron chi connectivity index (χ0n) is 10.6. The van der Waals surface area contributed by atoms with Crippen LogP contribution in [0.5, 0.6) is 5.88 Å². The van der Waals surface area contributed by atoms with Gasteiger partial charge in [0.05, 0.1) is 6.10 Å². The fraction of sp³-hybridized carbons (Fsp3) is 0.636. The van der Waals surface area contributed by atoms with Crippen molar-refractivity contribution in [1.29, 1.82) is 0 Å². The Balaban J connectivity index is 3.43. The van der Waals surface area contributed by atoms with Crippen molar-refractivity contribution in [3.63, 3.8) is 0 Å². The van der Waals surface area contributed by atoms with Crippen molar-refractivity contribution < 1.29 is 17.9 Å². The molecule has 0 aliphatic heterocycles. The summed E-state index contributed by atoms with van der Waals surface area (Å²) in [6, 6.07) is 0.122. The Morgan fingerprint density at radius 3 is 2.22 bits per heavy atom. The number of hydrogen-bond acceptors (Lipinski definition) is 3. The second-order valence-electron chi connectivity index (χ2n) is 4.39. The summed E-state index contributed by atoms with van der Waals surface area (Å²) >= 11 is 0. The highest BCUT2D eigenvalue weighted by molar-refractivity contribution is 5.18. The molecule has 0 unspecified atom stereocenters. The molecule has 0 spiro atoms. The Kier molecular flexibility index (Phi) is 4.03. The van der Waals surface area contributed by atoms with Crippen molar-refractivity contribution >= 4 is 0 Å². The highest BCUT2D eigenvalue weighted by Crippen LogP contribution is 2.31. The molecule has 1 aromatic rings. The summed E-state index contributed by atoms with van der Waals surface area (Å²) in [4.78, 5) is 15.1. The van der Waals surface area contributed by atoms with Gasteiger partial charge < -0.3 is 4.74 Å². The average molecular weight is 264 g/mol. The lowest BCUT2D eigenvalue weighted by atomic mass is 10.3. The number of ether oxygens (including phenoxy) is 1. The van der Waals surface area contributed by atoms with E-state index in [1.165, 1.54) is 13.8 Å². The van der Waals surface area contributed by atoms with Crippen molar-refractivity contribution in [3.8, 4) is 5.88 Å². The standard InChI is InChI=1S/C11H15F3N2O2/c1-6(2)16-8(11(12,13)14)5-9(15-10(16)17)18-7(3)4/h5-7H,1-4H3. The molecule has 1 rings (SSSR count). The molecule has 0 radical (unpaired) electrons.